The molecule has 0 fully saturated rings. The van der Waals surface area contributed by atoms with Crippen LogP contribution in [-0.2, 0) is 4.79 Å². The van der Waals surface area contributed by atoms with Crippen LogP contribution in [0.4, 0.5) is 0 Å². The van der Waals surface area contributed by atoms with Gasteiger partial charge >= 0.3 is 5.97 Å². The van der Waals surface area contributed by atoms with Crippen LogP contribution in [0.15, 0.2) is 42.5 Å². The second-order valence-electron chi connectivity index (χ2n) is 5.88. The van der Waals surface area contributed by atoms with Crippen molar-refractivity contribution in [3.05, 3.63) is 59.2 Å². The van der Waals surface area contributed by atoms with Crippen LogP contribution in [0.3, 0.4) is 0 Å². The SMILES string of the molecule is CCC(C)c1ccccc1OC(=O)COc1cc(C)ccc1C. The molecule has 23 heavy (non-hydrogen) atoms. The van der Waals surface area contributed by atoms with E-state index in [0.717, 1.165) is 28.9 Å². The predicted octanol–water partition coefficient (Wildman–Crippen LogP) is 4.80. The third kappa shape index (κ3) is 4.59. The number of hydrogen-bond acceptors (Lipinski definition) is 3. The summed E-state index contributed by atoms with van der Waals surface area (Å²) >= 11 is 0. The normalized spacial score (nSPS) is 11.8. The Labute approximate surface area is 138 Å². The van der Waals surface area contributed by atoms with Crippen LogP contribution in [0, 0.1) is 13.8 Å². The summed E-state index contributed by atoms with van der Waals surface area (Å²) in [4.78, 5) is 12.1. The molecule has 122 valence electrons. The molecule has 2 rings (SSSR count). The smallest absolute Gasteiger partial charge is 0.349 e. The highest BCUT2D eigenvalue weighted by Crippen LogP contribution is 2.28. The van der Waals surface area contributed by atoms with Crippen LogP contribution in [0.2, 0.25) is 0 Å². The molecular weight excluding hydrogens is 288 g/mol. The lowest BCUT2D eigenvalue weighted by Gasteiger charge is -2.15. The van der Waals surface area contributed by atoms with Crippen molar-refractivity contribution < 1.29 is 14.3 Å². The Hall–Kier alpha value is -2.29. The molecule has 3 heteroatoms. The number of carbonyl (C=O) groups is 1. The van der Waals surface area contributed by atoms with E-state index in [0.29, 0.717) is 11.7 Å². The van der Waals surface area contributed by atoms with E-state index in [9.17, 15) is 4.79 Å². The maximum absolute atomic E-state index is 12.1. The minimum atomic E-state index is -0.387. The predicted molar refractivity (Wildman–Crippen MR) is 92.2 cm³/mol. The summed E-state index contributed by atoms with van der Waals surface area (Å²) in [5.74, 6) is 1.30. The monoisotopic (exact) mass is 312 g/mol. The molecule has 0 radical (unpaired) electrons. The second kappa shape index (κ2) is 7.82. The van der Waals surface area contributed by atoms with Crippen molar-refractivity contribution in [2.45, 2.75) is 40.0 Å². The first-order chi connectivity index (χ1) is 11.0. The summed E-state index contributed by atoms with van der Waals surface area (Å²) in [6, 6.07) is 13.6. The van der Waals surface area contributed by atoms with Crippen LogP contribution >= 0.6 is 0 Å². The number of esters is 1. The molecule has 0 aliphatic carbocycles. The summed E-state index contributed by atoms with van der Waals surface area (Å²) in [7, 11) is 0. The maximum Gasteiger partial charge on any atom is 0.349 e. The molecule has 0 aliphatic rings. The van der Waals surface area contributed by atoms with Crippen LogP contribution in [0.25, 0.3) is 0 Å². The van der Waals surface area contributed by atoms with Gasteiger partial charge in [-0.1, -0.05) is 44.2 Å². The van der Waals surface area contributed by atoms with Crippen LogP contribution in [-0.4, -0.2) is 12.6 Å². The fourth-order valence-electron chi connectivity index (χ4n) is 2.35. The average molecular weight is 312 g/mol. The van der Waals surface area contributed by atoms with Gasteiger partial charge in [0.25, 0.3) is 0 Å². The van der Waals surface area contributed by atoms with Crippen LogP contribution in [0.1, 0.15) is 42.9 Å². The van der Waals surface area contributed by atoms with Gasteiger partial charge in [0.15, 0.2) is 6.61 Å². The lowest BCUT2D eigenvalue weighted by molar-refractivity contribution is -0.136. The summed E-state index contributed by atoms with van der Waals surface area (Å²) in [6.07, 6.45) is 0.994. The molecule has 0 N–H and O–H groups in total. The van der Waals surface area contributed by atoms with Crippen LogP contribution in [0.5, 0.6) is 11.5 Å². The summed E-state index contributed by atoms with van der Waals surface area (Å²) in [5, 5.41) is 0. The molecule has 0 amide bonds. The lowest BCUT2D eigenvalue weighted by atomic mass is 9.98. The van der Waals surface area contributed by atoms with Gasteiger partial charge in [0.05, 0.1) is 0 Å². The van der Waals surface area contributed by atoms with Gasteiger partial charge in [-0.25, -0.2) is 4.79 Å². The molecule has 0 spiro atoms. The molecule has 0 aliphatic heterocycles. The number of aryl methyl sites for hydroxylation is 2. The molecule has 0 aromatic heterocycles. The average Bonchev–Trinajstić information content (AvgIpc) is 2.55. The van der Waals surface area contributed by atoms with Gasteiger partial charge < -0.3 is 9.47 Å². The Kier molecular flexibility index (Phi) is 5.80. The lowest BCUT2D eigenvalue weighted by Crippen LogP contribution is -2.19. The van der Waals surface area contributed by atoms with E-state index in [2.05, 4.69) is 13.8 Å². The summed E-state index contributed by atoms with van der Waals surface area (Å²) < 4.78 is 11.1. The Morgan fingerprint density at radius 2 is 1.83 bits per heavy atom. The molecule has 1 atom stereocenters. The zero-order valence-electron chi connectivity index (χ0n) is 14.3. The van der Waals surface area contributed by atoms with Crippen molar-refractivity contribution in [2.24, 2.45) is 0 Å². The van der Waals surface area contributed by atoms with Crippen LogP contribution < -0.4 is 9.47 Å². The fourth-order valence-corrected chi connectivity index (χ4v) is 2.35. The molecule has 2 aromatic rings. The van der Waals surface area contributed by atoms with Gasteiger partial charge in [0.1, 0.15) is 11.5 Å². The van der Waals surface area contributed by atoms with Crippen molar-refractivity contribution in [2.75, 3.05) is 6.61 Å². The van der Waals surface area contributed by atoms with E-state index in [-0.39, 0.29) is 12.6 Å². The minimum Gasteiger partial charge on any atom is -0.482 e. The van der Waals surface area contributed by atoms with Gasteiger partial charge in [-0.2, -0.15) is 0 Å². The first kappa shape index (κ1) is 17.1. The number of para-hydroxylation sites is 1. The fraction of sp³-hybridized carbons (Fsp3) is 0.350. The quantitative estimate of drug-likeness (QED) is 0.567. The molecule has 0 saturated heterocycles. The number of benzene rings is 2. The molecule has 0 saturated carbocycles. The highest BCUT2D eigenvalue weighted by Gasteiger charge is 2.13. The Morgan fingerprint density at radius 3 is 2.57 bits per heavy atom. The van der Waals surface area contributed by atoms with Crippen molar-refractivity contribution >= 4 is 5.97 Å². The number of ether oxygens (including phenoxy) is 2. The van der Waals surface area contributed by atoms with Crippen molar-refractivity contribution in [1.82, 2.24) is 0 Å². The van der Waals surface area contributed by atoms with E-state index < -0.39 is 0 Å². The van der Waals surface area contributed by atoms with E-state index in [4.69, 9.17) is 9.47 Å². The highest BCUT2D eigenvalue weighted by molar-refractivity contribution is 5.74. The topological polar surface area (TPSA) is 35.5 Å². The van der Waals surface area contributed by atoms with Crippen molar-refractivity contribution in [3.63, 3.8) is 0 Å². The van der Waals surface area contributed by atoms with Crippen molar-refractivity contribution in [3.8, 4) is 11.5 Å². The molecule has 0 heterocycles. The molecule has 3 nitrogen and oxygen atoms in total. The number of carbonyl (C=O) groups excluding carboxylic acids is 1. The van der Waals surface area contributed by atoms with E-state index in [1.54, 1.807) is 0 Å². The molecular formula is C20H24O3. The van der Waals surface area contributed by atoms with Gasteiger partial charge in [0, 0.05) is 0 Å². The van der Waals surface area contributed by atoms with Gasteiger partial charge in [-0.15, -0.1) is 0 Å². The summed E-state index contributed by atoms with van der Waals surface area (Å²) in [6.45, 7) is 8.09. The Bertz CT molecular complexity index is 676. The molecule has 2 aromatic carbocycles. The third-order valence-electron chi connectivity index (χ3n) is 3.98. The number of rotatable bonds is 6. The Morgan fingerprint density at radius 1 is 1.09 bits per heavy atom. The largest absolute Gasteiger partial charge is 0.482 e. The van der Waals surface area contributed by atoms with E-state index in [1.807, 2.05) is 56.3 Å². The van der Waals surface area contributed by atoms with Gasteiger partial charge in [0.2, 0.25) is 0 Å². The zero-order chi connectivity index (χ0) is 16.8. The highest BCUT2D eigenvalue weighted by atomic mass is 16.6. The first-order valence-corrected chi connectivity index (χ1v) is 8.01. The van der Waals surface area contributed by atoms with Crippen molar-refractivity contribution in [1.29, 1.82) is 0 Å². The molecule has 1 unspecified atom stereocenters. The Balaban J connectivity index is 2.02. The number of hydrogen-bond donors (Lipinski definition) is 0. The first-order valence-electron chi connectivity index (χ1n) is 8.01. The standard InChI is InChI=1S/C20H24O3/c1-5-15(3)17-8-6-7-9-18(17)23-20(21)13-22-19-12-14(2)10-11-16(19)4/h6-12,15H,5,13H2,1-4H3. The van der Waals surface area contributed by atoms with E-state index in [1.165, 1.54) is 0 Å². The summed E-state index contributed by atoms with van der Waals surface area (Å²) in [5.41, 5.74) is 3.15. The zero-order valence-corrected chi connectivity index (χ0v) is 14.3. The molecule has 0 bridgehead atoms. The van der Waals surface area contributed by atoms with E-state index >= 15 is 0 Å². The van der Waals surface area contributed by atoms with Gasteiger partial charge in [-0.3, -0.25) is 0 Å². The van der Waals surface area contributed by atoms with Gasteiger partial charge in [-0.05, 0) is 55.0 Å². The second-order valence-corrected chi connectivity index (χ2v) is 5.88. The minimum absolute atomic E-state index is 0.0981. The third-order valence-corrected chi connectivity index (χ3v) is 3.98. The maximum atomic E-state index is 12.1.